The van der Waals surface area contributed by atoms with Crippen molar-refractivity contribution in [3.63, 3.8) is 0 Å². The van der Waals surface area contributed by atoms with Crippen LogP contribution in [0, 0.1) is 0 Å². The maximum absolute atomic E-state index is 12.3. The fourth-order valence-corrected chi connectivity index (χ4v) is 5.52. The Morgan fingerprint density at radius 1 is 0.617 bits per heavy atom. The van der Waals surface area contributed by atoms with Gasteiger partial charge in [0, 0.05) is 12.8 Å². The molecule has 0 radical (unpaired) electrons. The Morgan fingerprint density at radius 2 is 1.02 bits per heavy atom. The summed E-state index contributed by atoms with van der Waals surface area (Å²) in [6.45, 7) is 3.55. The second-order valence-corrected chi connectivity index (χ2v) is 13.7. The Hall–Kier alpha value is -0.470. The number of phosphoric acid groups is 1. The van der Waals surface area contributed by atoms with Gasteiger partial charge in [-0.2, -0.15) is 0 Å². The van der Waals surface area contributed by atoms with Crippen molar-refractivity contribution in [3.05, 3.63) is 24.3 Å². The van der Waals surface area contributed by atoms with Gasteiger partial charge in [-0.3, -0.25) is 14.2 Å². The fraction of sp³-hybridized carbons (Fsp3) is 0.838. The molecule has 0 aliphatic carbocycles. The number of unbranched alkanes of at least 4 members (excludes halogenated alkanes) is 20. The summed E-state index contributed by atoms with van der Waals surface area (Å²) in [5.74, 6) is -0.938. The Labute approximate surface area is 310 Å². The standard InChI is InChI=1S/C37H69O8P.Na/c1-3-5-7-9-11-13-15-17-18-20-22-24-26-28-30-32-37(39)45-35(34-44-46(40,41)42)33-43-36(38)31-29-27-25-23-21-19-16-14-12-10-8-6-4-2;/h13,15,18,20,35H,3-12,14,16-17,19,21-34H2,1-2H3,(H2,40,41,42);/q;+1/p-1/b15-13-,20-18-;/t35-;/m1./s1. The van der Waals surface area contributed by atoms with Crippen LogP contribution in [0.3, 0.4) is 0 Å². The summed E-state index contributed by atoms with van der Waals surface area (Å²) in [5, 5.41) is 0. The van der Waals surface area contributed by atoms with Gasteiger partial charge in [0.2, 0.25) is 0 Å². The molecule has 0 heterocycles. The summed E-state index contributed by atoms with van der Waals surface area (Å²) in [6, 6.07) is 0. The molecule has 0 saturated heterocycles. The summed E-state index contributed by atoms with van der Waals surface area (Å²) >= 11 is 0. The first-order chi connectivity index (χ1) is 22.3. The van der Waals surface area contributed by atoms with Crippen LogP contribution in [0.2, 0.25) is 0 Å². The van der Waals surface area contributed by atoms with Gasteiger partial charge in [-0.05, 0) is 44.9 Å². The average molecular weight is 695 g/mol. The molecule has 0 saturated carbocycles. The van der Waals surface area contributed by atoms with Crippen molar-refractivity contribution in [2.45, 2.75) is 187 Å². The van der Waals surface area contributed by atoms with E-state index < -0.39 is 32.5 Å². The van der Waals surface area contributed by atoms with Crippen LogP contribution in [0.4, 0.5) is 0 Å². The molecule has 270 valence electrons. The molecular formula is C37H68NaO8P. The summed E-state index contributed by atoms with van der Waals surface area (Å²) < 4.78 is 26.0. The van der Waals surface area contributed by atoms with E-state index in [2.05, 4.69) is 42.7 Å². The van der Waals surface area contributed by atoms with Crippen LogP contribution < -0.4 is 34.5 Å². The predicted molar refractivity (Wildman–Crippen MR) is 186 cm³/mol. The molecule has 1 N–H and O–H groups in total. The van der Waals surface area contributed by atoms with Crippen LogP contribution in [0.1, 0.15) is 181 Å². The first-order valence-electron chi connectivity index (χ1n) is 18.6. The third-order valence-electron chi connectivity index (χ3n) is 7.97. The monoisotopic (exact) mass is 694 g/mol. The van der Waals surface area contributed by atoms with Crippen LogP contribution in [0.25, 0.3) is 0 Å². The molecule has 0 spiro atoms. The zero-order valence-electron chi connectivity index (χ0n) is 30.4. The number of ether oxygens (including phenoxy) is 2. The molecular weight excluding hydrogens is 626 g/mol. The van der Waals surface area contributed by atoms with E-state index in [0.717, 1.165) is 57.8 Å². The zero-order valence-corrected chi connectivity index (χ0v) is 33.3. The molecule has 0 aromatic heterocycles. The number of carbonyl (C=O) groups is 2. The molecule has 0 aliphatic rings. The molecule has 0 amide bonds. The Balaban J connectivity index is 0. The number of allylic oxidation sites excluding steroid dienone is 4. The second kappa shape index (κ2) is 36.8. The van der Waals surface area contributed by atoms with Gasteiger partial charge < -0.3 is 23.8 Å². The molecule has 47 heavy (non-hydrogen) atoms. The van der Waals surface area contributed by atoms with Crippen LogP contribution in [-0.2, 0) is 28.2 Å². The predicted octanol–water partition coefficient (Wildman–Crippen LogP) is 7.22. The number of esters is 2. The third kappa shape index (κ3) is 39.8. The number of hydrogen-bond acceptors (Lipinski definition) is 7. The van der Waals surface area contributed by atoms with Crippen LogP contribution in [-0.4, -0.2) is 36.1 Å². The summed E-state index contributed by atoms with van der Waals surface area (Å²) in [7, 11) is -5.00. The Morgan fingerprint density at radius 3 is 1.49 bits per heavy atom. The van der Waals surface area contributed by atoms with Crippen molar-refractivity contribution < 1.29 is 67.5 Å². The Bertz CT molecular complexity index is 814. The zero-order chi connectivity index (χ0) is 34.0. The molecule has 0 rings (SSSR count). The molecule has 0 fully saturated rings. The van der Waals surface area contributed by atoms with E-state index in [1.165, 1.54) is 89.9 Å². The van der Waals surface area contributed by atoms with E-state index in [4.69, 9.17) is 14.4 Å². The van der Waals surface area contributed by atoms with E-state index >= 15 is 0 Å². The molecule has 1 unspecified atom stereocenters. The summed E-state index contributed by atoms with van der Waals surface area (Å²) in [4.78, 5) is 44.5. The summed E-state index contributed by atoms with van der Waals surface area (Å²) in [6.07, 6.45) is 35.9. The van der Waals surface area contributed by atoms with Gasteiger partial charge in [-0.25, -0.2) is 0 Å². The Kier molecular flexibility index (Phi) is 38.1. The van der Waals surface area contributed by atoms with Gasteiger partial charge in [-0.1, -0.05) is 147 Å². The fourth-order valence-electron chi connectivity index (χ4n) is 5.16. The van der Waals surface area contributed by atoms with Crippen LogP contribution >= 0.6 is 7.82 Å². The quantitative estimate of drug-likeness (QED) is 0.0247. The third-order valence-corrected chi connectivity index (χ3v) is 8.44. The molecule has 8 nitrogen and oxygen atoms in total. The van der Waals surface area contributed by atoms with Crippen molar-refractivity contribution in [2.24, 2.45) is 0 Å². The van der Waals surface area contributed by atoms with E-state index in [9.17, 15) is 19.0 Å². The minimum absolute atomic E-state index is 0. The van der Waals surface area contributed by atoms with Gasteiger partial charge >= 0.3 is 41.5 Å². The van der Waals surface area contributed by atoms with E-state index in [0.29, 0.717) is 6.42 Å². The minimum Gasteiger partial charge on any atom is -0.756 e. The van der Waals surface area contributed by atoms with Crippen molar-refractivity contribution in [1.29, 1.82) is 0 Å². The van der Waals surface area contributed by atoms with Gasteiger partial charge in [0.1, 0.15) is 6.61 Å². The number of carbonyl (C=O) groups excluding carboxylic acids is 2. The molecule has 2 atom stereocenters. The number of rotatable bonds is 34. The maximum atomic E-state index is 12.3. The first kappa shape index (κ1) is 48.6. The number of phosphoric ester groups is 1. The molecule has 0 aliphatic heterocycles. The first-order valence-corrected chi connectivity index (χ1v) is 20.1. The van der Waals surface area contributed by atoms with Crippen LogP contribution in [0.5, 0.6) is 0 Å². The van der Waals surface area contributed by atoms with Crippen molar-refractivity contribution in [2.75, 3.05) is 13.2 Å². The minimum atomic E-state index is -5.00. The molecule has 0 bridgehead atoms. The van der Waals surface area contributed by atoms with E-state index in [1.807, 2.05) is 0 Å². The molecule has 0 aromatic carbocycles. The normalized spacial score (nSPS) is 13.4. The van der Waals surface area contributed by atoms with Crippen LogP contribution in [0.15, 0.2) is 24.3 Å². The van der Waals surface area contributed by atoms with Crippen molar-refractivity contribution in [1.82, 2.24) is 0 Å². The molecule has 10 heteroatoms. The maximum Gasteiger partial charge on any atom is 1.00 e. The van der Waals surface area contributed by atoms with Gasteiger partial charge in [-0.15, -0.1) is 0 Å². The van der Waals surface area contributed by atoms with E-state index in [-0.39, 0.29) is 49.0 Å². The topological polar surface area (TPSA) is 122 Å². The van der Waals surface area contributed by atoms with E-state index in [1.54, 1.807) is 0 Å². The molecule has 0 aromatic rings. The average Bonchev–Trinajstić information content (AvgIpc) is 3.02. The van der Waals surface area contributed by atoms with Crippen molar-refractivity contribution >= 4 is 19.8 Å². The second-order valence-electron chi connectivity index (χ2n) is 12.5. The smallest absolute Gasteiger partial charge is 0.756 e. The van der Waals surface area contributed by atoms with Gasteiger partial charge in [0.25, 0.3) is 7.82 Å². The summed E-state index contributed by atoms with van der Waals surface area (Å²) in [5.41, 5.74) is 0. The number of hydrogen-bond donors (Lipinski definition) is 1. The van der Waals surface area contributed by atoms with Crippen molar-refractivity contribution in [3.8, 4) is 0 Å². The SMILES string of the molecule is CCCCCC/C=C\C/C=C\CCCCCCC(=O)O[C@H](COC(=O)CCCCCCCCCCCCCCC)COP(=O)([O-])O.[Na+]. The largest absolute Gasteiger partial charge is 1.00 e. The van der Waals surface area contributed by atoms with Gasteiger partial charge in [0.15, 0.2) is 6.10 Å². The van der Waals surface area contributed by atoms with Gasteiger partial charge in [0.05, 0.1) is 6.61 Å².